The second-order valence-corrected chi connectivity index (χ2v) is 7.08. The van der Waals surface area contributed by atoms with Gasteiger partial charge in [-0.3, -0.25) is 0 Å². The summed E-state index contributed by atoms with van der Waals surface area (Å²) in [4.78, 5) is 0. The zero-order chi connectivity index (χ0) is 17.2. The fraction of sp³-hybridized carbons (Fsp3) is 0.455. The predicted octanol–water partition coefficient (Wildman–Crippen LogP) is 4.74. The molecule has 2 heteroatoms. The summed E-state index contributed by atoms with van der Waals surface area (Å²) in [6, 6.07) is 15.7. The largest absolute Gasteiger partial charge is 0.326 e. The number of benzene rings is 2. The molecule has 2 nitrogen and oxygen atoms in total. The van der Waals surface area contributed by atoms with Crippen molar-refractivity contribution in [2.45, 2.75) is 58.0 Å². The maximum Gasteiger partial charge on any atom is 0.0856 e. The van der Waals surface area contributed by atoms with Gasteiger partial charge in [-0.1, -0.05) is 74.7 Å². The number of hydrogen-bond acceptors (Lipinski definition) is 2. The van der Waals surface area contributed by atoms with Crippen LogP contribution < -0.4 is 11.1 Å². The van der Waals surface area contributed by atoms with E-state index >= 15 is 0 Å². The minimum Gasteiger partial charge on any atom is -0.326 e. The first-order valence-electron chi connectivity index (χ1n) is 9.36. The summed E-state index contributed by atoms with van der Waals surface area (Å²) in [5.74, 6) is 0. The summed E-state index contributed by atoms with van der Waals surface area (Å²) < 4.78 is 0. The van der Waals surface area contributed by atoms with E-state index < -0.39 is 0 Å². The molecule has 0 amide bonds. The molecule has 0 heterocycles. The van der Waals surface area contributed by atoms with Crippen LogP contribution in [0.15, 0.2) is 42.5 Å². The van der Waals surface area contributed by atoms with E-state index in [9.17, 15) is 0 Å². The molecule has 0 saturated carbocycles. The van der Waals surface area contributed by atoms with Crippen LogP contribution in [0.1, 0.15) is 56.2 Å². The first kappa shape index (κ1) is 17.2. The quantitative estimate of drug-likeness (QED) is 0.723. The van der Waals surface area contributed by atoms with Crippen LogP contribution in [0.3, 0.4) is 0 Å². The van der Waals surface area contributed by atoms with E-state index in [0.29, 0.717) is 0 Å². The summed E-state index contributed by atoms with van der Waals surface area (Å²) in [7, 11) is 0. The molecule has 3 rings (SSSR count). The third kappa shape index (κ3) is 2.68. The minimum atomic E-state index is -0.261. The van der Waals surface area contributed by atoms with Crippen molar-refractivity contribution in [1.29, 1.82) is 0 Å². The Balaban J connectivity index is 2.20. The van der Waals surface area contributed by atoms with Crippen molar-refractivity contribution in [2.75, 3.05) is 6.54 Å². The van der Waals surface area contributed by atoms with Crippen molar-refractivity contribution >= 4 is 0 Å². The van der Waals surface area contributed by atoms with E-state index in [1.54, 1.807) is 0 Å². The van der Waals surface area contributed by atoms with Gasteiger partial charge in [0.15, 0.2) is 0 Å². The fourth-order valence-corrected chi connectivity index (χ4v) is 4.14. The van der Waals surface area contributed by atoms with Crippen LogP contribution in [0.25, 0.3) is 11.1 Å². The van der Waals surface area contributed by atoms with E-state index in [1.165, 1.54) is 40.7 Å². The molecule has 2 aromatic carbocycles. The lowest BCUT2D eigenvalue weighted by Gasteiger charge is -2.39. The number of fused-ring (bicyclic) bond motifs is 3. The van der Waals surface area contributed by atoms with Gasteiger partial charge in [0, 0.05) is 6.04 Å². The fourth-order valence-electron chi connectivity index (χ4n) is 4.14. The lowest BCUT2D eigenvalue weighted by Crippen LogP contribution is -2.55. The average Bonchev–Trinajstić information content (AvgIpc) is 2.86. The molecule has 0 aliphatic heterocycles. The van der Waals surface area contributed by atoms with E-state index in [1.807, 2.05) is 0 Å². The third-order valence-electron chi connectivity index (χ3n) is 5.33. The van der Waals surface area contributed by atoms with Gasteiger partial charge in [-0.15, -0.1) is 0 Å². The lowest BCUT2D eigenvalue weighted by molar-refractivity contribution is 0.317. The number of nitrogens with two attached hydrogens (primary N) is 1. The van der Waals surface area contributed by atoms with Gasteiger partial charge in [0.05, 0.1) is 5.54 Å². The zero-order valence-corrected chi connectivity index (χ0v) is 15.2. The highest BCUT2D eigenvalue weighted by Gasteiger charge is 2.46. The van der Waals surface area contributed by atoms with Crippen LogP contribution in [0.4, 0.5) is 0 Å². The van der Waals surface area contributed by atoms with Crippen LogP contribution in [-0.2, 0) is 5.54 Å². The van der Waals surface area contributed by atoms with Gasteiger partial charge in [0.2, 0.25) is 0 Å². The Morgan fingerprint density at radius 2 is 1.75 bits per heavy atom. The van der Waals surface area contributed by atoms with Crippen molar-refractivity contribution in [1.82, 2.24) is 5.32 Å². The highest BCUT2D eigenvalue weighted by Crippen LogP contribution is 2.49. The van der Waals surface area contributed by atoms with Gasteiger partial charge in [0.25, 0.3) is 0 Å². The molecule has 0 aromatic heterocycles. The summed E-state index contributed by atoms with van der Waals surface area (Å²) in [6.45, 7) is 7.62. The molecular formula is C22H30N2. The van der Waals surface area contributed by atoms with Crippen LogP contribution in [0, 0.1) is 6.92 Å². The number of nitrogens with one attached hydrogen (secondary N) is 1. The number of rotatable bonds is 7. The molecule has 1 aliphatic rings. The Kier molecular flexibility index (Phi) is 5.07. The number of unbranched alkanes of at least 4 members (excludes halogenated alkanes) is 1. The van der Waals surface area contributed by atoms with Crippen molar-refractivity contribution < 1.29 is 0 Å². The van der Waals surface area contributed by atoms with Crippen LogP contribution in [0.2, 0.25) is 0 Å². The summed E-state index contributed by atoms with van der Waals surface area (Å²) >= 11 is 0. The molecule has 2 aromatic rings. The average molecular weight is 322 g/mol. The smallest absolute Gasteiger partial charge is 0.0856 e. The minimum absolute atomic E-state index is 0.0727. The molecule has 128 valence electrons. The zero-order valence-electron chi connectivity index (χ0n) is 15.2. The van der Waals surface area contributed by atoms with Gasteiger partial charge in [-0.25, -0.2) is 0 Å². The van der Waals surface area contributed by atoms with Gasteiger partial charge in [0.1, 0.15) is 0 Å². The summed E-state index contributed by atoms with van der Waals surface area (Å²) in [5, 5.41) is 3.90. The third-order valence-corrected chi connectivity index (χ3v) is 5.33. The molecule has 2 atom stereocenters. The van der Waals surface area contributed by atoms with Crippen molar-refractivity contribution in [3.05, 3.63) is 59.2 Å². The predicted molar refractivity (Wildman–Crippen MR) is 103 cm³/mol. The molecule has 0 bridgehead atoms. The maximum absolute atomic E-state index is 6.82. The molecule has 2 unspecified atom stereocenters. The van der Waals surface area contributed by atoms with Gasteiger partial charge in [-0.05, 0) is 48.6 Å². The Morgan fingerprint density at radius 1 is 1.00 bits per heavy atom. The van der Waals surface area contributed by atoms with E-state index in [2.05, 4.69) is 68.6 Å². The molecule has 0 radical (unpaired) electrons. The van der Waals surface area contributed by atoms with E-state index in [4.69, 9.17) is 5.73 Å². The Labute approximate surface area is 146 Å². The van der Waals surface area contributed by atoms with Crippen molar-refractivity contribution in [3.63, 3.8) is 0 Å². The molecule has 0 fully saturated rings. The van der Waals surface area contributed by atoms with Crippen molar-refractivity contribution in [3.8, 4) is 11.1 Å². The second-order valence-electron chi connectivity index (χ2n) is 7.08. The van der Waals surface area contributed by atoms with Crippen LogP contribution in [-0.4, -0.2) is 12.6 Å². The van der Waals surface area contributed by atoms with Gasteiger partial charge >= 0.3 is 0 Å². The van der Waals surface area contributed by atoms with Crippen LogP contribution in [0.5, 0.6) is 0 Å². The van der Waals surface area contributed by atoms with Gasteiger partial charge < -0.3 is 11.1 Å². The Bertz CT molecular complexity index is 707. The Hall–Kier alpha value is -1.64. The molecular weight excluding hydrogens is 292 g/mol. The first-order chi connectivity index (χ1) is 11.6. The summed E-state index contributed by atoms with van der Waals surface area (Å²) in [5.41, 5.74) is 13.2. The SMILES string of the molecule is CCCCNC1(C(N)CCC)c2ccccc2-c2ccc(C)cc21. The highest BCUT2D eigenvalue weighted by atomic mass is 15.0. The molecule has 3 N–H and O–H groups in total. The van der Waals surface area contributed by atoms with Crippen LogP contribution >= 0.6 is 0 Å². The molecule has 1 aliphatic carbocycles. The first-order valence-corrected chi connectivity index (χ1v) is 9.36. The summed E-state index contributed by atoms with van der Waals surface area (Å²) in [6.07, 6.45) is 4.47. The normalized spacial score (nSPS) is 19.8. The van der Waals surface area contributed by atoms with Gasteiger partial charge in [-0.2, -0.15) is 0 Å². The molecule has 0 spiro atoms. The topological polar surface area (TPSA) is 38.0 Å². The lowest BCUT2D eigenvalue weighted by atomic mass is 9.78. The maximum atomic E-state index is 6.82. The molecule has 0 saturated heterocycles. The van der Waals surface area contributed by atoms with E-state index in [-0.39, 0.29) is 11.6 Å². The second kappa shape index (κ2) is 7.08. The standard InChI is InChI=1S/C22H30N2/c1-4-6-14-24-22(21(23)9-5-2)19-11-8-7-10-17(19)18-13-12-16(3)15-20(18)22/h7-8,10-13,15,21,24H,4-6,9,14,23H2,1-3H3. The Morgan fingerprint density at radius 3 is 2.50 bits per heavy atom. The highest BCUT2D eigenvalue weighted by molar-refractivity contribution is 5.81. The number of hydrogen-bond donors (Lipinski definition) is 2. The molecule has 24 heavy (non-hydrogen) atoms. The number of aryl methyl sites for hydroxylation is 1. The van der Waals surface area contributed by atoms with Crippen molar-refractivity contribution in [2.24, 2.45) is 5.73 Å². The monoisotopic (exact) mass is 322 g/mol. The van der Waals surface area contributed by atoms with E-state index in [0.717, 1.165) is 19.4 Å².